The first-order valence-electron chi connectivity index (χ1n) is 15.4. The molecule has 7 rings (SSSR count). The van der Waals surface area contributed by atoms with Gasteiger partial charge in [0.05, 0.1) is 64.3 Å². The fourth-order valence-corrected chi connectivity index (χ4v) is 11.4. The molecule has 3 fully saturated rings. The Kier molecular flexibility index (Phi) is 8.54. The van der Waals surface area contributed by atoms with Gasteiger partial charge in [0.15, 0.2) is 20.8 Å². The van der Waals surface area contributed by atoms with E-state index < -0.39 is 53.8 Å². The largest absolute Gasteiger partial charge is 0.417 e. The van der Waals surface area contributed by atoms with Crippen molar-refractivity contribution in [2.45, 2.75) is 43.0 Å². The van der Waals surface area contributed by atoms with E-state index in [1.807, 2.05) is 18.7 Å². The number of nitrogens with one attached hydrogen (secondary N) is 2. The minimum atomic E-state index is -5.28. The number of hydrogen-bond acceptors (Lipinski definition) is 11. The van der Waals surface area contributed by atoms with Crippen LogP contribution in [-0.2, 0) is 30.8 Å². The molecule has 0 amide bonds. The van der Waals surface area contributed by atoms with E-state index in [2.05, 4.69) is 15.3 Å². The number of anilines is 3. The number of sulfonamides is 1. The van der Waals surface area contributed by atoms with Crippen molar-refractivity contribution in [3.05, 3.63) is 65.9 Å². The third-order valence-corrected chi connectivity index (χ3v) is 13.3. The van der Waals surface area contributed by atoms with Gasteiger partial charge in [-0.15, -0.1) is 0 Å². The highest BCUT2D eigenvalue weighted by atomic mass is 32.2. The SMILES string of the molecule is C[C@H]1COC[C@H](C)N1c1nc(-c2cccc(NS(=O)(=O)c3c(F)cccc3C(F)(F)F)c2F)c(-c2ccnc(N[C@H]3[C@@H]4CS(=O)(=O)C[C@@H]43)n2)s1. The van der Waals surface area contributed by atoms with Crippen LogP contribution in [0.3, 0.4) is 0 Å². The van der Waals surface area contributed by atoms with E-state index in [0.717, 1.165) is 12.1 Å². The molecule has 266 valence electrons. The Labute approximate surface area is 287 Å². The summed E-state index contributed by atoms with van der Waals surface area (Å²) in [5, 5.41) is 3.69. The standard InChI is InChI=1S/C31H29F5N6O5S3/c1-15-11-47-12-16(2)42(15)30-40-26(27(48-30)23-9-10-37-29(38-23)39-25-18-13-49(43,44)14-19(18)25)17-5-3-8-22(24(17)33)41-50(45,46)28-20(31(34,35)36)6-4-7-21(28)32/h3-10,15-16,18-19,25,41H,11-14H2,1-2H3,(H,37,38,39)/t15-,16-,18-,19+,25+/m0/s1. The van der Waals surface area contributed by atoms with Crippen LogP contribution in [0.2, 0.25) is 0 Å². The molecule has 4 heterocycles. The summed E-state index contributed by atoms with van der Waals surface area (Å²) in [5.74, 6) is -2.52. The lowest BCUT2D eigenvalue weighted by atomic mass is 10.1. The lowest BCUT2D eigenvalue weighted by molar-refractivity contribution is -0.140. The molecular weight excluding hydrogens is 728 g/mol. The Balaban J connectivity index is 1.28. The van der Waals surface area contributed by atoms with E-state index >= 15 is 4.39 Å². The minimum absolute atomic E-state index is 0.0423. The van der Waals surface area contributed by atoms with Gasteiger partial charge < -0.3 is 15.0 Å². The van der Waals surface area contributed by atoms with Crippen LogP contribution in [0.5, 0.6) is 0 Å². The predicted molar refractivity (Wildman–Crippen MR) is 176 cm³/mol. The van der Waals surface area contributed by atoms with Gasteiger partial charge in [-0.05, 0) is 56.0 Å². The lowest BCUT2D eigenvalue weighted by Crippen LogP contribution is -2.49. The second kappa shape index (κ2) is 12.4. The quantitative estimate of drug-likeness (QED) is 0.224. The molecule has 0 spiro atoms. The Hall–Kier alpha value is -3.94. The summed E-state index contributed by atoms with van der Waals surface area (Å²) in [6.45, 7) is 4.67. The number of benzene rings is 2. The first-order chi connectivity index (χ1) is 23.5. The molecule has 19 heteroatoms. The number of morpholine rings is 1. The van der Waals surface area contributed by atoms with E-state index in [0.29, 0.717) is 41.0 Å². The molecule has 5 atom stereocenters. The number of nitrogens with zero attached hydrogens (tertiary/aromatic N) is 4. The summed E-state index contributed by atoms with van der Waals surface area (Å²) in [5.41, 5.74) is -2.27. The first-order valence-corrected chi connectivity index (χ1v) is 19.5. The first kappa shape index (κ1) is 34.5. The molecule has 4 aromatic rings. The van der Waals surface area contributed by atoms with Crippen LogP contribution in [0.4, 0.5) is 38.7 Å². The molecule has 50 heavy (non-hydrogen) atoms. The van der Waals surface area contributed by atoms with Crippen LogP contribution in [0.15, 0.2) is 53.6 Å². The Morgan fingerprint density at radius 1 is 0.980 bits per heavy atom. The zero-order chi connectivity index (χ0) is 35.7. The highest BCUT2D eigenvalue weighted by Gasteiger charge is 2.59. The monoisotopic (exact) mass is 756 g/mol. The van der Waals surface area contributed by atoms with Crippen molar-refractivity contribution in [3.63, 3.8) is 0 Å². The molecule has 2 aromatic carbocycles. The Bertz CT molecular complexity index is 2170. The van der Waals surface area contributed by atoms with Gasteiger partial charge in [-0.1, -0.05) is 23.5 Å². The predicted octanol–water partition coefficient (Wildman–Crippen LogP) is 5.43. The van der Waals surface area contributed by atoms with Crippen LogP contribution in [0.1, 0.15) is 19.4 Å². The number of sulfone groups is 1. The maximum Gasteiger partial charge on any atom is 0.417 e. The van der Waals surface area contributed by atoms with Crippen LogP contribution >= 0.6 is 11.3 Å². The van der Waals surface area contributed by atoms with Gasteiger partial charge in [0.2, 0.25) is 5.95 Å². The summed E-state index contributed by atoms with van der Waals surface area (Å²) >= 11 is 1.19. The van der Waals surface area contributed by atoms with Crippen LogP contribution < -0.4 is 14.9 Å². The van der Waals surface area contributed by atoms with Gasteiger partial charge in [-0.3, -0.25) is 4.72 Å². The topological polar surface area (TPSA) is 143 Å². The summed E-state index contributed by atoms with van der Waals surface area (Å²) in [7, 11) is -8.35. The number of aromatic nitrogens is 3. The van der Waals surface area contributed by atoms with Gasteiger partial charge in [0.1, 0.15) is 10.7 Å². The number of thiazole rings is 1. The van der Waals surface area contributed by atoms with Crippen LogP contribution in [0.25, 0.3) is 21.8 Å². The molecule has 0 unspecified atom stereocenters. The van der Waals surface area contributed by atoms with Crippen molar-refractivity contribution < 1.29 is 43.5 Å². The minimum Gasteiger partial charge on any atom is -0.377 e. The number of fused-ring (bicyclic) bond motifs is 1. The van der Waals surface area contributed by atoms with Gasteiger partial charge in [-0.2, -0.15) is 13.2 Å². The number of halogens is 5. The molecule has 3 aliphatic rings. The number of ether oxygens (including phenoxy) is 1. The van der Waals surface area contributed by atoms with Crippen molar-refractivity contribution in [3.8, 4) is 21.8 Å². The van der Waals surface area contributed by atoms with Crippen molar-refractivity contribution in [2.24, 2.45) is 11.8 Å². The molecule has 2 saturated heterocycles. The number of alkyl halides is 3. The van der Waals surface area contributed by atoms with Crippen molar-refractivity contribution in [1.29, 1.82) is 0 Å². The Morgan fingerprint density at radius 3 is 2.34 bits per heavy atom. The van der Waals surface area contributed by atoms with E-state index in [1.165, 1.54) is 29.7 Å². The maximum atomic E-state index is 16.4. The van der Waals surface area contributed by atoms with Crippen molar-refractivity contribution >= 4 is 48.0 Å². The number of hydrogen-bond donors (Lipinski definition) is 2. The molecule has 1 saturated carbocycles. The molecular formula is C31H29F5N6O5S3. The fraction of sp³-hybridized carbons (Fsp3) is 0.387. The molecule has 2 N–H and O–H groups in total. The molecule has 0 radical (unpaired) electrons. The fourth-order valence-electron chi connectivity index (χ4n) is 6.62. The smallest absolute Gasteiger partial charge is 0.377 e. The van der Waals surface area contributed by atoms with Gasteiger partial charge in [-0.25, -0.2) is 40.6 Å². The molecule has 0 bridgehead atoms. The van der Waals surface area contributed by atoms with Gasteiger partial charge in [0.25, 0.3) is 10.0 Å². The van der Waals surface area contributed by atoms with Crippen molar-refractivity contribution in [1.82, 2.24) is 15.0 Å². The molecule has 11 nitrogen and oxygen atoms in total. The zero-order valence-electron chi connectivity index (χ0n) is 26.3. The molecule has 2 aromatic heterocycles. The van der Waals surface area contributed by atoms with Crippen LogP contribution in [0, 0.1) is 23.5 Å². The second-order valence-electron chi connectivity index (χ2n) is 12.5. The van der Waals surface area contributed by atoms with E-state index in [4.69, 9.17) is 9.72 Å². The average Bonchev–Trinajstić information content (AvgIpc) is 3.33. The van der Waals surface area contributed by atoms with Crippen molar-refractivity contribution in [2.75, 3.05) is 39.7 Å². The molecule has 1 aliphatic carbocycles. The third kappa shape index (κ3) is 6.39. The van der Waals surface area contributed by atoms with E-state index in [-0.39, 0.29) is 58.7 Å². The second-order valence-corrected chi connectivity index (χ2v) is 17.3. The lowest BCUT2D eigenvalue weighted by Gasteiger charge is -2.38. The maximum absolute atomic E-state index is 16.4. The van der Waals surface area contributed by atoms with Gasteiger partial charge >= 0.3 is 6.18 Å². The Morgan fingerprint density at radius 2 is 1.66 bits per heavy atom. The van der Waals surface area contributed by atoms with Gasteiger partial charge in [0, 0.05) is 17.8 Å². The highest BCUT2D eigenvalue weighted by molar-refractivity contribution is 7.92. The highest BCUT2D eigenvalue weighted by Crippen LogP contribution is 2.49. The molecule has 2 aliphatic heterocycles. The summed E-state index contributed by atoms with van der Waals surface area (Å²) in [6.07, 6.45) is -3.73. The third-order valence-electron chi connectivity index (χ3n) is 8.95. The summed E-state index contributed by atoms with van der Waals surface area (Å²) in [4.78, 5) is 14.4. The number of rotatable bonds is 8. The van der Waals surface area contributed by atoms with E-state index in [9.17, 15) is 34.4 Å². The normalized spacial score (nSPS) is 24.5. The van der Waals surface area contributed by atoms with E-state index in [1.54, 1.807) is 10.8 Å². The zero-order valence-corrected chi connectivity index (χ0v) is 28.7. The van der Waals surface area contributed by atoms with Crippen LogP contribution in [-0.4, -0.2) is 74.6 Å². The summed E-state index contributed by atoms with van der Waals surface area (Å²) in [6, 6.07) is 6.56. The average molecular weight is 757 g/mol. The summed E-state index contributed by atoms with van der Waals surface area (Å²) < 4.78 is 130.